The number of aliphatic imine (C=N–C) groups is 1. The number of hydrogen-bond acceptors (Lipinski definition) is 6. The summed E-state index contributed by atoms with van der Waals surface area (Å²) in [5.74, 6) is 0.704. The summed E-state index contributed by atoms with van der Waals surface area (Å²) in [4.78, 5) is 4.07. The van der Waals surface area contributed by atoms with Crippen LogP contribution in [0.1, 0.15) is 6.92 Å². The molecule has 0 aromatic heterocycles. The molecule has 0 aliphatic carbocycles. The van der Waals surface area contributed by atoms with Crippen molar-refractivity contribution in [2.24, 2.45) is 4.99 Å². The number of nitrogens with zero attached hydrogens (tertiary/aromatic N) is 1. The Kier molecular flexibility index (Phi) is 4.58. The van der Waals surface area contributed by atoms with Crippen LogP contribution in [0.5, 0.6) is 5.75 Å². The van der Waals surface area contributed by atoms with Crippen LogP contribution in [0.4, 0.5) is 0 Å². The topological polar surface area (TPSA) is 83.3 Å². The number of thioether (sulfide) groups is 1. The second-order valence-corrected chi connectivity index (χ2v) is 6.49. The number of nitrogens with one attached hydrogen (secondary N) is 1. The lowest BCUT2D eigenvalue weighted by Gasteiger charge is -2.41. The van der Waals surface area contributed by atoms with Gasteiger partial charge in [-0.3, -0.25) is 4.99 Å². The third kappa shape index (κ3) is 2.94. The first kappa shape index (κ1) is 15.6. The van der Waals surface area contributed by atoms with Crippen LogP contribution in [0.2, 0.25) is 0 Å². The van der Waals surface area contributed by atoms with E-state index in [1.165, 1.54) is 11.8 Å². The van der Waals surface area contributed by atoms with Gasteiger partial charge in [0, 0.05) is 7.05 Å². The van der Waals surface area contributed by atoms with E-state index in [-0.39, 0.29) is 11.5 Å². The van der Waals surface area contributed by atoms with Crippen molar-refractivity contribution in [3.63, 3.8) is 0 Å². The van der Waals surface area contributed by atoms with Crippen LogP contribution in [-0.4, -0.2) is 58.3 Å². The predicted octanol–water partition coefficient (Wildman–Crippen LogP) is 0.591. The summed E-state index contributed by atoms with van der Waals surface area (Å²) >= 11 is 1.42. The van der Waals surface area contributed by atoms with Gasteiger partial charge in [0.25, 0.3) is 0 Å². The van der Waals surface area contributed by atoms with E-state index in [1.807, 2.05) is 37.3 Å². The number of amidine groups is 1. The lowest BCUT2D eigenvalue weighted by atomic mass is 9.95. The first-order valence-corrected chi connectivity index (χ1v) is 8.11. The van der Waals surface area contributed by atoms with Crippen LogP contribution in [0.3, 0.4) is 0 Å². The average Bonchev–Trinajstić information content (AvgIpc) is 2.95. The lowest BCUT2D eigenvalue weighted by molar-refractivity contribution is -0.180. The highest BCUT2D eigenvalue weighted by molar-refractivity contribution is 8.14. The van der Waals surface area contributed by atoms with Gasteiger partial charge in [-0.1, -0.05) is 30.0 Å². The summed E-state index contributed by atoms with van der Waals surface area (Å²) < 4.78 is 11.8. The Morgan fingerprint density at radius 3 is 2.68 bits per heavy atom. The summed E-state index contributed by atoms with van der Waals surface area (Å²) in [6.07, 6.45) is -2.96. The minimum absolute atomic E-state index is 0.288. The van der Waals surface area contributed by atoms with Gasteiger partial charge in [0.05, 0.1) is 6.04 Å². The Labute approximate surface area is 133 Å². The predicted molar refractivity (Wildman–Crippen MR) is 85.1 cm³/mol. The van der Waals surface area contributed by atoms with Gasteiger partial charge in [-0.05, 0) is 19.1 Å². The quantitative estimate of drug-likeness (QED) is 0.755. The van der Waals surface area contributed by atoms with E-state index in [2.05, 4.69) is 10.3 Å². The molecule has 1 aromatic rings. The molecule has 7 heteroatoms. The molecular weight excluding hydrogens is 304 g/mol. The number of rotatable bonds is 3. The smallest absolute Gasteiger partial charge is 0.159 e. The van der Waals surface area contributed by atoms with Crippen molar-refractivity contribution in [3.05, 3.63) is 30.3 Å². The average molecular weight is 324 g/mol. The maximum Gasteiger partial charge on any atom is 0.159 e. The van der Waals surface area contributed by atoms with Gasteiger partial charge < -0.3 is 25.0 Å². The molecule has 6 atom stereocenters. The van der Waals surface area contributed by atoms with Gasteiger partial charge in [-0.25, -0.2) is 0 Å². The molecule has 2 aliphatic rings. The number of para-hydroxylation sites is 1. The normalized spacial score (nSPS) is 37.5. The molecule has 0 spiro atoms. The van der Waals surface area contributed by atoms with E-state index in [0.717, 1.165) is 0 Å². The highest BCUT2D eigenvalue weighted by Gasteiger charge is 2.50. The lowest BCUT2D eigenvalue weighted by Crippen LogP contribution is -2.61. The SMILES string of the molecule is CN=C1N[C@@H]2[C@@H](O)[C@H](O)[C@@H]([C@H](C)Oc3ccccc3)O[C@@H]2S1. The monoisotopic (exact) mass is 324 g/mol. The minimum atomic E-state index is -1.02. The fourth-order valence-electron chi connectivity index (χ4n) is 2.72. The second-order valence-electron chi connectivity index (χ2n) is 5.40. The molecule has 1 aromatic carbocycles. The molecule has 0 bridgehead atoms. The van der Waals surface area contributed by atoms with E-state index >= 15 is 0 Å². The van der Waals surface area contributed by atoms with Crippen LogP contribution in [0.15, 0.2) is 35.3 Å². The molecule has 0 saturated carbocycles. The summed E-state index contributed by atoms with van der Waals surface area (Å²) in [5, 5.41) is 24.5. The Hall–Kier alpha value is -1.28. The van der Waals surface area contributed by atoms with Crippen LogP contribution in [0.25, 0.3) is 0 Å². The summed E-state index contributed by atoms with van der Waals surface area (Å²) in [5.41, 5.74) is -0.288. The van der Waals surface area contributed by atoms with E-state index in [9.17, 15) is 10.2 Å². The molecule has 2 saturated heterocycles. The van der Waals surface area contributed by atoms with Crippen LogP contribution in [0, 0.1) is 0 Å². The number of aliphatic hydroxyl groups excluding tert-OH is 2. The van der Waals surface area contributed by atoms with Crippen LogP contribution in [-0.2, 0) is 4.74 Å². The number of aliphatic hydroxyl groups is 2. The standard InChI is InChI=1S/C15H20N2O4S/c1-8(20-9-6-4-3-5-7-9)13-12(19)11(18)10-14(21-13)22-15(16-2)17-10/h3-8,10-14,18-19H,1-2H3,(H,16,17)/t8-,10+,11+,12-,13+,14+/m0/s1. The molecule has 2 fully saturated rings. The van der Waals surface area contributed by atoms with Crippen molar-refractivity contribution < 1.29 is 19.7 Å². The Morgan fingerprint density at radius 1 is 1.27 bits per heavy atom. The van der Waals surface area contributed by atoms with Crippen molar-refractivity contribution in [3.8, 4) is 5.75 Å². The fourth-order valence-corrected chi connectivity index (χ4v) is 3.80. The molecule has 6 nitrogen and oxygen atoms in total. The Morgan fingerprint density at radius 2 is 2.00 bits per heavy atom. The first-order chi connectivity index (χ1) is 10.6. The van der Waals surface area contributed by atoms with Crippen LogP contribution >= 0.6 is 11.8 Å². The van der Waals surface area contributed by atoms with E-state index in [4.69, 9.17) is 9.47 Å². The number of hydrogen-bond donors (Lipinski definition) is 3. The summed E-state index contributed by atoms with van der Waals surface area (Å²) in [6.45, 7) is 1.83. The molecule has 2 heterocycles. The van der Waals surface area contributed by atoms with E-state index < -0.39 is 24.4 Å². The first-order valence-electron chi connectivity index (χ1n) is 7.23. The van der Waals surface area contributed by atoms with Crippen molar-refractivity contribution in [1.82, 2.24) is 5.32 Å². The highest BCUT2D eigenvalue weighted by atomic mass is 32.2. The summed E-state index contributed by atoms with van der Waals surface area (Å²) in [6, 6.07) is 9.00. The van der Waals surface area contributed by atoms with E-state index in [0.29, 0.717) is 10.9 Å². The van der Waals surface area contributed by atoms with Crippen molar-refractivity contribution in [2.75, 3.05) is 7.05 Å². The Balaban J connectivity index is 1.71. The maximum absolute atomic E-state index is 10.3. The van der Waals surface area contributed by atoms with Crippen LogP contribution < -0.4 is 10.1 Å². The largest absolute Gasteiger partial charge is 0.488 e. The molecule has 3 rings (SSSR count). The highest BCUT2D eigenvalue weighted by Crippen LogP contribution is 2.35. The van der Waals surface area contributed by atoms with Crippen molar-refractivity contribution in [1.29, 1.82) is 0 Å². The minimum Gasteiger partial charge on any atom is -0.488 e. The number of fused-ring (bicyclic) bond motifs is 1. The molecule has 120 valence electrons. The van der Waals surface area contributed by atoms with Gasteiger partial charge in [0.2, 0.25) is 0 Å². The van der Waals surface area contributed by atoms with Gasteiger partial charge in [-0.2, -0.15) is 0 Å². The molecule has 3 N–H and O–H groups in total. The Bertz CT molecular complexity index is 542. The third-order valence-electron chi connectivity index (χ3n) is 3.89. The summed E-state index contributed by atoms with van der Waals surface area (Å²) in [7, 11) is 1.67. The van der Waals surface area contributed by atoms with Crippen molar-refractivity contribution in [2.45, 2.75) is 42.8 Å². The number of benzene rings is 1. The maximum atomic E-state index is 10.3. The van der Waals surface area contributed by atoms with Gasteiger partial charge in [0.1, 0.15) is 35.6 Å². The zero-order chi connectivity index (χ0) is 15.7. The van der Waals surface area contributed by atoms with Gasteiger partial charge in [-0.15, -0.1) is 0 Å². The molecule has 2 aliphatic heterocycles. The molecule has 0 unspecified atom stereocenters. The van der Waals surface area contributed by atoms with Gasteiger partial charge >= 0.3 is 0 Å². The zero-order valence-electron chi connectivity index (χ0n) is 12.4. The molecular formula is C15H20N2O4S. The number of ether oxygens (including phenoxy) is 2. The zero-order valence-corrected chi connectivity index (χ0v) is 13.2. The van der Waals surface area contributed by atoms with E-state index in [1.54, 1.807) is 7.05 Å². The molecule has 22 heavy (non-hydrogen) atoms. The second kappa shape index (κ2) is 6.45. The third-order valence-corrected chi connectivity index (χ3v) is 5.05. The molecule has 0 radical (unpaired) electrons. The fraction of sp³-hybridized carbons (Fsp3) is 0.533. The molecule has 0 amide bonds. The van der Waals surface area contributed by atoms with Gasteiger partial charge in [0.15, 0.2) is 5.17 Å². The van der Waals surface area contributed by atoms with Crippen molar-refractivity contribution >= 4 is 16.9 Å².